The van der Waals surface area contributed by atoms with Crippen LogP contribution in [0.3, 0.4) is 0 Å². The Bertz CT molecular complexity index is 859. The van der Waals surface area contributed by atoms with Crippen molar-refractivity contribution in [1.29, 1.82) is 0 Å². The van der Waals surface area contributed by atoms with Gasteiger partial charge in [0.15, 0.2) is 0 Å². The second-order valence-electron chi connectivity index (χ2n) is 8.75. The number of aliphatic hydroxyl groups is 1. The molecule has 0 radical (unpaired) electrons. The van der Waals surface area contributed by atoms with E-state index in [9.17, 15) is 18.7 Å². The number of carbonyl (C=O) groups excluding carboxylic acids is 1. The fraction of sp³-hybridized carbons (Fsp3) is 0.565. The fourth-order valence-electron chi connectivity index (χ4n) is 3.69. The molecule has 2 aromatic rings. The van der Waals surface area contributed by atoms with Crippen LogP contribution in [0.1, 0.15) is 61.9 Å². The summed E-state index contributed by atoms with van der Waals surface area (Å²) in [5.41, 5.74) is 1.17. The van der Waals surface area contributed by atoms with Crippen molar-refractivity contribution in [3.05, 3.63) is 41.6 Å². The maximum absolute atomic E-state index is 12.6. The molecule has 2 N–H and O–H groups in total. The summed E-state index contributed by atoms with van der Waals surface area (Å²) in [4.78, 5) is 17.0. The molecule has 1 aliphatic rings. The predicted molar refractivity (Wildman–Crippen MR) is 112 cm³/mol. The van der Waals surface area contributed by atoms with Gasteiger partial charge in [0.2, 0.25) is 6.43 Å². The fourth-order valence-corrected chi connectivity index (χ4v) is 3.69. The Morgan fingerprint density at radius 3 is 2.67 bits per heavy atom. The molecule has 3 rings (SSSR count). The van der Waals surface area contributed by atoms with Crippen molar-refractivity contribution in [2.45, 2.75) is 76.5 Å². The van der Waals surface area contributed by atoms with Crippen molar-refractivity contribution in [1.82, 2.24) is 10.3 Å². The number of nitrogens with one attached hydrogen (secondary N) is 1. The number of carbonyl (C=O) groups is 1. The molecule has 1 aliphatic carbocycles. The van der Waals surface area contributed by atoms with Crippen molar-refractivity contribution in [3.8, 4) is 0 Å². The molecule has 0 atom stereocenters. The van der Waals surface area contributed by atoms with E-state index < -0.39 is 12.0 Å². The van der Waals surface area contributed by atoms with E-state index in [0.717, 1.165) is 36.6 Å². The number of aromatic nitrogens is 1. The summed E-state index contributed by atoms with van der Waals surface area (Å²) in [6.07, 6.45) is 2.82. The normalized spacial score (nSPS) is 19.9. The number of amides is 1. The molecule has 1 fully saturated rings. The average Bonchev–Trinajstić information content (AvgIpc) is 2.70. The summed E-state index contributed by atoms with van der Waals surface area (Å²) < 4.78 is 30.6. The van der Waals surface area contributed by atoms with Crippen LogP contribution in [0.4, 0.5) is 8.78 Å². The third kappa shape index (κ3) is 6.71. The van der Waals surface area contributed by atoms with E-state index in [0.29, 0.717) is 24.1 Å². The Labute approximate surface area is 175 Å². The number of hydrogen-bond acceptors (Lipinski definition) is 4. The Hall–Kier alpha value is -2.12. The Kier molecular flexibility index (Phi) is 7.36. The van der Waals surface area contributed by atoms with Crippen LogP contribution in [0.25, 0.3) is 10.9 Å². The SMILES string of the molecule is CC(C)(O)COC1CCC(NC(=O)c2cnc3cc(CCC(F)F)ccc3c2)CC1. The molecule has 0 unspecified atom stereocenters. The van der Waals surface area contributed by atoms with Crippen molar-refractivity contribution in [3.63, 3.8) is 0 Å². The van der Waals surface area contributed by atoms with Crippen molar-refractivity contribution in [2.75, 3.05) is 6.61 Å². The zero-order valence-corrected chi connectivity index (χ0v) is 17.5. The molecule has 1 aromatic carbocycles. The Morgan fingerprint density at radius 1 is 1.27 bits per heavy atom. The quantitative estimate of drug-likeness (QED) is 0.669. The van der Waals surface area contributed by atoms with Gasteiger partial charge in [0.1, 0.15) is 0 Å². The van der Waals surface area contributed by atoms with Crippen LogP contribution in [0.15, 0.2) is 30.5 Å². The molecular weight excluding hydrogens is 390 g/mol. The largest absolute Gasteiger partial charge is 0.388 e. The number of alkyl halides is 2. The number of fused-ring (bicyclic) bond motifs is 1. The molecular formula is C23H30F2N2O3. The summed E-state index contributed by atoms with van der Waals surface area (Å²) in [6, 6.07) is 7.31. The standard InChI is InChI=1S/C23H30F2N2O3/c1-23(2,29)14-30-19-8-6-18(7-9-19)27-22(28)17-12-16-5-3-15(4-10-21(24)25)11-20(16)26-13-17/h3,5,11-13,18-19,21,29H,4,6-10,14H2,1-2H3,(H,27,28). The van der Waals surface area contributed by atoms with Crippen LogP contribution < -0.4 is 5.32 Å². The molecule has 30 heavy (non-hydrogen) atoms. The van der Waals surface area contributed by atoms with Crippen LogP contribution in [0, 0.1) is 0 Å². The van der Waals surface area contributed by atoms with Gasteiger partial charge < -0.3 is 15.2 Å². The number of hydrogen-bond donors (Lipinski definition) is 2. The van der Waals surface area contributed by atoms with Gasteiger partial charge in [-0.25, -0.2) is 8.78 Å². The number of ether oxygens (including phenoxy) is 1. The van der Waals surface area contributed by atoms with Crippen molar-refractivity contribution in [2.24, 2.45) is 0 Å². The molecule has 1 amide bonds. The Morgan fingerprint density at radius 2 is 2.00 bits per heavy atom. The monoisotopic (exact) mass is 420 g/mol. The molecule has 164 valence electrons. The van der Waals surface area contributed by atoms with Gasteiger partial charge in [0.25, 0.3) is 5.91 Å². The van der Waals surface area contributed by atoms with Crippen molar-refractivity contribution >= 4 is 16.8 Å². The van der Waals surface area contributed by atoms with E-state index in [1.54, 1.807) is 26.0 Å². The third-order valence-electron chi connectivity index (χ3n) is 5.34. The minimum atomic E-state index is -2.32. The number of benzene rings is 1. The minimum absolute atomic E-state index is 0.0897. The maximum Gasteiger partial charge on any atom is 0.253 e. The van der Waals surface area contributed by atoms with Gasteiger partial charge in [0.05, 0.1) is 29.4 Å². The number of rotatable bonds is 8. The molecule has 1 aromatic heterocycles. The van der Waals surface area contributed by atoms with E-state index in [2.05, 4.69) is 10.3 Å². The first-order chi connectivity index (χ1) is 14.2. The summed E-state index contributed by atoms with van der Waals surface area (Å²) in [6.45, 7) is 3.75. The summed E-state index contributed by atoms with van der Waals surface area (Å²) >= 11 is 0. The van der Waals surface area contributed by atoms with E-state index in [1.807, 2.05) is 12.1 Å². The number of pyridine rings is 1. The second kappa shape index (κ2) is 9.79. The lowest BCUT2D eigenvalue weighted by molar-refractivity contribution is -0.0640. The number of aryl methyl sites for hydroxylation is 1. The lowest BCUT2D eigenvalue weighted by atomic mass is 9.92. The molecule has 0 aliphatic heterocycles. The molecule has 0 bridgehead atoms. The highest BCUT2D eigenvalue weighted by molar-refractivity contribution is 5.97. The first kappa shape index (κ1) is 22.6. The molecule has 1 saturated carbocycles. The van der Waals surface area contributed by atoms with Gasteiger partial charge in [-0.2, -0.15) is 0 Å². The summed E-state index contributed by atoms with van der Waals surface area (Å²) in [5.74, 6) is -0.160. The topological polar surface area (TPSA) is 71.5 Å². The van der Waals surface area contributed by atoms with E-state index in [-0.39, 0.29) is 24.5 Å². The molecule has 1 heterocycles. The third-order valence-corrected chi connectivity index (χ3v) is 5.34. The van der Waals surface area contributed by atoms with Gasteiger partial charge in [0, 0.05) is 24.0 Å². The first-order valence-electron chi connectivity index (χ1n) is 10.5. The minimum Gasteiger partial charge on any atom is -0.388 e. The van der Waals surface area contributed by atoms with Crippen LogP contribution in [0.5, 0.6) is 0 Å². The zero-order valence-electron chi connectivity index (χ0n) is 17.5. The molecule has 5 nitrogen and oxygen atoms in total. The van der Waals surface area contributed by atoms with Gasteiger partial charge in [-0.15, -0.1) is 0 Å². The van der Waals surface area contributed by atoms with Gasteiger partial charge in [-0.3, -0.25) is 9.78 Å². The van der Waals surface area contributed by atoms with E-state index >= 15 is 0 Å². The highest BCUT2D eigenvalue weighted by Gasteiger charge is 2.25. The van der Waals surface area contributed by atoms with E-state index in [1.165, 1.54) is 6.20 Å². The van der Waals surface area contributed by atoms with E-state index in [4.69, 9.17) is 4.74 Å². The first-order valence-corrected chi connectivity index (χ1v) is 10.5. The van der Waals surface area contributed by atoms with Gasteiger partial charge in [-0.05, 0) is 63.6 Å². The van der Waals surface area contributed by atoms with Crippen LogP contribution in [-0.4, -0.2) is 46.8 Å². The van der Waals surface area contributed by atoms with Crippen molar-refractivity contribution < 1.29 is 23.4 Å². The lowest BCUT2D eigenvalue weighted by Crippen LogP contribution is -2.40. The highest BCUT2D eigenvalue weighted by atomic mass is 19.3. The summed E-state index contributed by atoms with van der Waals surface area (Å²) in [5, 5.41) is 13.6. The zero-order chi connectivity index (χ0) is 21.7. The maximum atomic E-state index is 12.6. The van der Waals surface area contributed by atoms with Gasteiger partial charge >= 0.3 is 0 Å². The van der Waals surface area contributed by atoms with Crippen LogP contribution in [-0.2, 0) is 11.2 Å². The van der Waals surface area contributed by atoms with Crippen LogP contribution >= 0.6 is 0 Å². The molecule has 0 saturated heterocycles. The highest BCUT2D eigenvalue weighted by Crippen LogP contribution is 2.23. The Balaban J connectivity index is 1.53. The van der Waals surface area contributed by atoms with Crippen LogP contribution in [0.2, 0.25) is 0 Å². The smallest absolute Gasteiger partial charge is 0.253 e. The summed E-state index contributed by atoms with van der Waals surface area (Å²) in [7, 11) is 0. The number of halogens is 2. The molecule has 0 spiro atoms. The predicted octanol–water partition coefficient (Wildman–Crippen LogP) is 4.26. The number of nitrogens with zero attached hydrogens (tertiary/aromatic N) is 1. The average molecular weight is 421 g/mol. The van der Waals surface area contributed by atoms with Gasteiger partial charge in [-0.1, -0.05) is 12.1 Å². The lowest BCUT2D eigenvalue weighted by Gasteiger charge is -2.30. The molecule has 7 heteroatoms. The second-order valence-corrected chi connectivity index (χ2v) is 8.75.